The topological polar surface area (TPSA) is 75.3 Å². The molecular weight excluding hydrogens is 348 g/mol. The van der Waals surface area contributed by atoms with Crippen molar-refractivity contribution in [3.8, 4) is 0 Å². The molecule has 2 N–H and O–H groups in total. The minimum Gasteiger partial charge on any atom is -0.348 e. The third-order valence-electron chi connectivity index (χ3n) is 3.87. The molecule has 0 spiro atoms. The maximum atomic E-state index is 12.3. The summed E-state index contributed by atoms with van der Waals surface area (Å²) in [6, 6.07) is 12.8. The van der Waals surface area contributed by atoms with Crippen LogP contribution in [0.1, 0.15) is 46.5 Å². The molecule has 2 rings (SSSR count). The number of sulfonamides is 1. The molecule has 26 heavy (non-hydrogen) atoms. The van der Waals surface area contributed by atoms with Gasteiger partial charge in [-0.1, -0.05) is 42.0 Å². The third-order valence-corrected chi connectivity index (χ3v) is 5.42. The molecule has 0 aliphatic carbocycles. The van der Waals surface area contributed by atoms with E-state index in [1.807, 2.05) is 44.2 Å². The quantitative estimate of drug-likeness (QED) is 0.782. The zero-order valence-corrected chi connectivity index (χ0v) is 16.5. The summed E-state index contributed by atoms with van der Waals surface area (Å²) in [5.74, 6) is -0.171. The van der Waals surface area contributed by atoms with E-state index in [1.54, 1.807) is 26.0 Å². The van der Waals surface area contributed by atoms with Gasteiger partial charge in [-0.15, -0.1) is 0 Å². The first-order valence-electron chi connectivity index (χ1n) is 8.59. The van der Waals surface area contributed by atoms with E-state index in [0.717, 1.165) is 16.7 Å². The van der Waals surface area contributed by atoms with E-state index >= 15 is 0 Å². The van der Waals surface area contributed by atoms with Crippen LogP contribution in [-0.2, 0) is 22.3 Å². The van der Waals surface area contributed by atoms with Crippen LogP contribution in [0.2, 0.25) is 0 Å². The van der Waals surface area contributed by atoms with E-state index in [9.17, 15) is 13.2 Å². The molecule has 140 valence electrons. The van der Waals surface area contributed by atoms with Crippen molar-refractivity contribution >= 4 is 15.9 Å². The van der Waals surface area contributed by atoms with Gasteiger partial charge in [0.2, 0.25) is 10.0 Å². The van der Waals surface area contributed by atoms with Gasteiger partial charge in [0, 0.05) is 18.2 Å². The van der Waals surface area contributed by atoms with Crippen molar-refractivity contribution in [1.82, 2.24) is 10.0 Å². The highest BCUT2D eigenvalue weighted by Crippen LogP contribution is 2.12. The van der Waals surface area contributed by atoms with Gasteiger partial charge in [-0.2, -0.15) is 0 Å². The van der Waals surface area contributed by atoms with Crippen molar-refractivity contribution in [2.75, 3.05) is 0 Å². The zero-order chi connectivity index (χ0) is 19.3. The van der Waals surface area contributed by atoms with Gasteiger partial charge in [-0.25, -0.2) is 13.1 Å². The third kappa shape index (κ3) is 5.97. The van der Waals surface area contributed by atoms with Crippen LogP contribution in [0.3, 0.4) is 0 Å². The van der Waals surface area contributed by atoms with Gasteiger partial charge in [-0.05, 0) is 50.5 Å². The zero-order valence-electron chi connectivity index (χ0n) is 15.7. The molecule has 0 fully saturated rings. The van der Waals surface area contributed by atoms with Gasteiger partial charge >= 0.3 is 0 Å². The van der Waals surface area contributed by atoms with Crippen molar-refractivity contribution in [2.45, 2.75) is 46.0 Å². The lowest BCUT2D eigenvalue weighted by atomic mass is 10.1. The van der Waals surface area contributed by atoms with E-state index in [2.05, 4.69) is 10.0 Å². The predicted octanol–water partition coefficient (Wildman–Crippen LogP) is 3.06. The maximum Gasteiger partial charge on any atom is 0.251 e. The molecule has 0 unspecified atom stereocenters. The Hall–Kier alpha value is -2.18. The number of rotatable bonds is 7. The summed E-state index contributed by atoms with van der Waals surface area (Å²) in [5.41, 5.74) is 4.36. The highest BCUT2D eigenvalue weighted by atomic mass is 32.2. The maximum absolute atomic E-state index is 12.3. The molecule has 0 bridgehead atoms. The van der Waals surface area contributed by atoms with E-state index < -0.39 is 10.0 Å². The molecule has 5 nitrogen and oxygen atoms in total. The second-order valence-electron chi connectivity index (χ2n) is 6.85. The van der Waals surface area contributed by atoms with Crippen molar-refractivity contribution in [3.63, 3.8) is 0 Å². The number of nitrogens with one attached hydrogen (secondary N) is 2. The van der Waals surface area contributed by atoms with Crippen LogP contribution in [0.4, 0.5) is 0 Å². The molecule has 2 aromatic carbocycles. The van der Waals surface area contributed by atoms with Gasteiger partial charge in [0.25, 0.3) is 5.91 Å². The highest BCUT2D eigenvalue weighted by Gasteiger charge is 2.13. The van der Waals surface area contributed by atoms with Gasteiger partial charge in [0.1, 0.15) is 0 Å². The van der Waals surface area contributed by atoms with Crippen LogP contribution >= 0.6 is 0 Å². The highest BCUT2D eigenvalue weighted by molar-refractivity contribution is 7.88. The van der Waals surface area contributed by atoms with Crippen molar-refractivity contribution in [2.24, 2.45) is 0 Å². The number of carbonyl (C=O) groups is 1. The number of carbonyl (C=O) groups excluding carboxylic acids is 1. The Labute approximate surface area is 155 Å². The predicted molar refractivity (Wildman–Crippen MR) is 104 cm³/mol. The fraction of sp³-hybridized carbons (Fsp3) is 0.350. The normalized spacial score (nSPS) is 11.6. The van der Waals surface area contributed by atoms with Crippen LogP contribution in [0.25, 0.3) is 0 Å². The molecule has 1 amide bonds. The number of benzene rings is 2. The Morgan fingerprint density at radius 3 is 2.19 bits per heavy atom. The molecule has 0 radical (unpaired) electrons. The standard InChI is InChI=1S/C20H26N2O3S/c1-14(2)22-26(24,25)13-18-8-6-17(7-9-18)12-21-20(23)19-10-5-15(3)11-16(19)4/h5-11,14,22H,12-13H2,1-4H3,(H,21,23). The Balaban J connectivity index is 1.96. The summed E-state index contributed by atoms with van der Waals surface area (Å²) in [6.45, 7) is 7.89. The molecule has 0 saturated heterocycles. The van der Waals surface area contributed by atoms with Crippen molar-refractivity contribution < 1.29 is 13.2 Å². The molecule has 0 aliphatic rings. The minimum absolute atomic E-state index is 0.0552. The lowest BCUT2D eigenvalue weighted by Gasteiger charge is -2.11. The fourth-order valence-corrected chi connectivity index (χ4v) is 4.15. The molecule has 0 heterocycles. The Morgan fingerprint density at radius 1 is 1.00 bits per heavy atom. The molecular formula is C20H26N2O3S. The first-order valence-corrected chi connectivity index (χ1v) is 10.2. The summed E-state index contributed by atoms with van der Waals surface area (Å²) < 4.78 is 26.5. The average Bonchev–Trinajstić information content (AvgIpc) is 2.52. The number of amides is 1. The number of hydrogen-bond donors (Lipinski definition) is 2. The van der Waals surface area contributed by atoms with Crippen molar-refractivity contribution in [3.05, 3.63) is 70.3 Å². The second-order valence-corrected chi connectivity index (χ2v) is 8.60. The molecule has 0 atom stereocenters. The summed E-state index contributed by atoms with van der Waals surface area (Å²) in [4.78, 5) is 12.3. The van der Waals surface area contributed by atoms with Gasteiger partial charge in [0.05, 0.1) is 5.75 Å². The van der Waals surface area contributed by atoms with Crippen LogP contribution in [0, 0.1) is 13.8 Å². The van der Waals surface area contributed by atoms with E-state index in [4.69, 9.17) is 0 Å². The van der Waals surface area contributed by atoms with E-state index in [-0.39, 0.29) is 17.7 Å². The lowest BCUT2D eigenvalue weighted by Crippen LogP contribution is -2.31. The van der Waals surface area contributed by atoms with Crippen LogP contribution in [-0.4, -0.2) is 20.4 Å². The number of hydrogen-bond acceptors (Lipinski definition) is 3. The van der Waals surface area contributed by atoms with Crippen LogP contribution in [0.15, 0.2) is 42.5 Å². The molecule has 2 aromatic rings. The molecule has 0 saturated carbocycles. The summed E-state index contributed by atoms with van der Waals surface area (Å²) in [7, 11) is -3.34. The Kier molecular flexibility index (Phi) is 6.56. The SMILES string of the molecule is Cc1ccc(C(=O)NCc2ccc(CS(=O)(=O)NC(C)C)cc2)c(C)c1. The Bertz CT molecular complexity index is 872. The van der Waals surface area contributed by atoms with E-state index in [1.165, 1.54) is 0 Å². The fourth-order valence-electron chi connectivity index (χ4n) is 2.72. The van der Waals surface area contributed by atoms with Crippen LogP contribution < -0.4 is 10.0 Å². The minimum atomic E-state index is -3.34. The molecule has 6 heteroatoms. The monoisotopic (exact) mass is 374 g/mol. The smallest absolute Gasteiger partial charge is 0.251 e. The first kappa shape index (κ1) is 20.1. The first-order chi connectivity index (χ1) is 12.2. The molecule has 0 aliphatic heterocycles. The van der Waals surface area contributed by atoms with Gasteiger partial charge in [0.15, 0.2) is 0 Å². The largest absolute Gasteiger partial charge is 0.348 e. The second kappa shape index (κ2) is 8.47. The van der Waals surface area contributed by atoms with E-state index in [0.29, 0.717) is 17.7 Å². The Morgan fingerprint density at radius 2 is 1.62 bits per heavy atom. The number of aryl methyl sites for hydroxylation is 2. The van der Waals surface area contributed by atoms with Gasteiger partial charge in [-0.3, -0.25) is 4.79 Å². The van der Waals surface area contributed by atoms with Crippen molar-refractivity contribution in [1.29, 1.82) is 0 Å². The lowest BCUT2D eigenvalue weighted by molar-refractivity contribution is 0.0950. The van der Waals surface area contributed by atoms with Crippen LogP contribution in [0.5, 0.6) is 0 Å². The molecule has 0 aromatic heterocycles. The van der Waals surface area contributed by atoms with Gasteiger partial charge < -0.3 is 5.32 Å². The summed E-state index contributed by atoms with van der Waals surface area (Å²) in [5, 5.41) is 2.90. The summed E-state index contributed by atoms with van der Waals surface area (Å²) >= 11 is 0. The average molecular weight is 375 g/mol. The summed E-state index contributed by atoms with van der Waals surface area (Å²) in [6.07, 6.45) is 0.